The number of fused-ring (bicyclic) bond motifs is 1. The summed E-state index contributed by atoms with van der Waals surface area (Å²) in [7, 11) is 6.24. The van der Waals surface area contributed by atoms with Crippen LogP contribution in [0.5, 0.6) is 17.2 Å². The molecule has 0 spiro atoms. The summed E-state index contributed by atoms with van der Waals surface area (Å²) in [5, 5.41) is 0. The Kier molecular flexibility index (Phi) is 6.82. The summed E-state index contributed by atoms with van der Waals surface area (Å²) < 4.78 is 16.8. The molecule has 1 aliphatic heterocycles. The van der Waals surface area contributed by atoms with E-state index in [9.17, 15) is 9.59 Å². The van der Waals surface area contributed by atoms with E-state index in [4.69, 9.17) is 24.9 Å². The third-order valence-electron chi connectivity index (χ3n) is 6.04. The minimum absolute atomic E-state index is 0.406. The van der Waals surface area contributed by atoms with Gasteiger partial charge < -0.3 is 24.8 Å². The van der Waals surface area contributed by atoms with E-state index in [0.29, 0.717) is 45.5 Å². The van der Waals surface area contributed by atoms with Crippen molar-refractivity contribution in [3.8, 4) is 17.2 Å². The van der Waals surface area contributed by atoms with Crippen molar-refractivity contribution in [1.29, 1.82) is 0 Å². The Hall–Kier alpha value is -4.53. The predicted molar refractivity (Wildman–Crippen MR) is 139 cm³/mol. The molecule has 3 aromatic carbocycles. The number of methoxy groups -OCH3 is 3. The molecule has 0 saturated carbocycles. The molecule has 4 rings (SSSR count). The molecule has 1 atom stereocenters. The monoisotopic (exact) mass is 488 g/mol. The number of carbonyl (C=O) groups excluding carboxylic acids is 2. The molecule has 1 heterocycles. The van der Waals surface area contributed by atoms with Crippen LogP contribution in [-0.2, 0) is 4.79 Å². The number of nitrogens with zero attached hydrogens (tertiary/aromatic N) is 3. The summed E-state index contributed by atoms with van der Waals surface area (Å²) in [6.45, 7) is 1.89. The van der Waals surface area contributed by atoms with Gasteiger partial charge in [-0.25, -0.2) is 9.79 Å². The Balaban J connectivity index is 2.05. The van der Waals surface area contributed by atoms with Crippen molar-refractivity contribution < 1.29 is 23.8 Å². The zero-order valence-corrected chi connectivity index (χ0v) is 20.8. The summed E-state index contributed by atoms with van der Waals surface area (Å²) >= 11 is 0. The number of anilines is 2. The van der Waals surface area contributed by atoms with E-state index < -0.39 is 18.1 Å². The number of hydrogen-bond donors (Lipinski definition) is 1. The van der Waals surface area contributed by atoms with E-state index in [1.165, 1.54) is 24.0 Å². The highest BCUT2D eigenvalue weighted by Gasteiger charge is 2.37. The van der Waals surface area contributed by atoms with Gasteiger partial charge in [0, 0.05) is 30.4 Å². The molecule has 0 fully saturated rings. The lowest BCUT2D eigenvalue weighted by molar-refractivity contribution is -0.119. The minimum Gasteiger partial charge on any atom is -0.496 e. The number of urea groups is 1. The molecule has 0 aliphatic carbocycles. The van der Waals surface area contributed by atoms with Crippen molar-refractivity contribution in [1.82, 2.24) is 0 Å². The Labute approximate surface area is 209 Å². The number of likely N-dealkylation sites (N-methyl/N-ethyl adjacent to an activating group) is 1. The molecule has 0 bridgehead atoms. The summed E-state index contributed by atoms with van der Waals surface area (Å²) in [4.78, 5) is 34.1. The largest absolute Gasteiger partial charge is 0.496 e. The Morgan fingerprint density at radius 2 is 1.64 bits per heavy atom. The van der Waals surface area contributed by atoms with Gasteiger partial charge in [0.05, 0.1) is 38.3 Å². The van der Waals surface area contributed by atoms with Crippen molar-refractivity contribution in [3.05, 3.63) is 77.4 Å². The fourth-order valence-electron chi connectivity index (χ4n) is 4.28. The van der Waals surface area contributed by atoms with E-state index >= 15 is 0 Å². The van der Waals surface area contributed by atoms with Gasteiger partial charge in [-0.2, -0.15) is 0 Å². The van der Waals surface area contributed by atoms with Crippen LogP contribution in [0.3, 0.4) is 0 Å². The summed E-state index contributed by atoms with van der Waals surface area (Å²) in [5.74, 6) is 0.954. The first-order chi connectivity index (χ1) is 17.3. The van der Waals surface area contributed by atoms with Crippen LogP contribution in [0.4, 0.5) is 16.2 Å². The van der Waals surface area contributed by atoms with Gasteiger partial charge >= 0.3 is 6.03 Å². The second-order valence-corrected chi connectivity index (χ2v) is 8.22. The van der Waals surface area contributed by atoms with Gasteiger partial charge in [0.1, 0.15) is 17.2 Å². The topological polar surface area (TPSA) is 107 Å². The Bertz CT molecular complexity index is 1330. The number of nitrogens with two attached hydrogens (primary N) is 1. The average molecular weight is 489 g/mol. The number of amides is 3. The molecule has 0 aromatic heterocycles. The van der Waals surface area contributed by atoms with E-state index in [0.717, 1.165) is 5.56 Å². The number of primary amides is 1. The lowest BCUT2D eigenvalue weighted by atomic mass is 9.98. The van der Waals surface area contributed by atoms with E-state index in [2.05, 4.69) is 0 Å². The molecule has 36 heavy (non-hydrogen) atoms. The maximum absolute atomic E-state index is 13.8. The minimum atomic E-state index is -1.28. The van der Waals surface area contributed by atoms with Gasteiger partial charge in [-0.05, 0) is 30.7 Å². The average Bonchev–Trinajstić information content (AvgIpc) is 2.98. The first-order valence-electron chi connectivity index (χ1n) is 11.2. The SMILES string of the molecule is COc1cc(OC)c(C2=NC(N(C(N)=O)c3cccc(C)c3)C(=O)N(C)c3ccccc32)c(OC)c1. The van der Waals surface area contributed by atoms with Crippen molar-refractivity contribution in [2.75, 3.05) is 38.2 Å². The van der Waals surface area contributed by atoms with Crippen LogP contribution in [0.25, 0.3) is 0 Å². The first-order valence-corrected chi connectivity index (χ1v) is 11.2. The van der Waals surface area contributed by atoms with Crippen LogP contribution >= 0.6 is 0 Å². The highest BCUT2D eigenvalue weighted by molar-refractivity contribution is 6.23. The third-order valence-corrected chi connectivity index (χ3v) is 6.04. The van der Waals surface area contributed by atoms with Crippen LogP contribution in [0.2, 0.25) is 0 Å². The standard InChI is InChI=1S/C27H28N4O5/c1-16-9-8-10-17(13-16)31(27(28)33)25-26(32)30(2)20-12-7-6-11-19(20)24(29-25)23-21(35-4)14-18(34-3)15-22(23)36-5/h6-15,25H,1-5H3,(H2,28,33). The highest BCUT2D eigenvalue weighted by atomic mass is 16.5. The van der Waals surface area contributed by atoms with Crippen LogP contribution in [0, 0.1) is 6.92 Å². The van der Waals surface area contributed by atoms with Crippen LogP contribution < -0.4 is 29.7 Å². The fraction of sp³-hybridized carbons (Fsp3) is 0.222. The molecule has 0 radical (unpaired) electrons. The maximum Gasteiger partial charge on any atom is 0.321 e. The third kappa shape index (κ3) is 4.31. The van der Waals surface area contributed by atoms with Gasteiger partial charge in [0.15, 0.2) is 0 Å². The number of para-hydroxylation sites is 1. The molecule has 9 nitrogen and oxygen atoms in total. The molecule has 3 aromatic rings. The number of benzene rings is 3. The van der Waals surface area contributed by atoms with Crippen molar-refractivity contribution in [3.63, 3.8) is 0 Å². The quantitative estimate of drug-likeness (QED) is 0.569. The maximum atomic E-state index is 13.8. The Morgan fingerprint density at radius 1 is 0.972 bits per heavy atom. The van der Waals surface area contributed by atoms with Gasteiger partial charge in [-0.15, -0.1) is 0 Å². The number of hydrogen-bond acceptors (Lipinski definition) is 6. The van der Waals surface area contributed by atoms with Gasteiger partial charge in [-0.3, -0.25) is 9.69 Å². The first kappa shape index (κ1) is 24.6. The van der Waals surface area contributed by atoms with Crippen molar-refractivity contribution in [2.45, 2.75) is 13.1 Å². The number of rotatable bonds is 6. The number of aryl methyl sites for hydroxylation is 1. The summed E-state index contributed by atoms with van der Waals surface area (Å²) in [5.41, 5.74) is 9.37. The van der Waals surface area contributed by atoms with Gasteiger partial charge in [0.2, 0.25) is 6.17 Å². The van der Waals surface area contributed by atoms with Crippen LogP contribution in [-0.4, -0.2) is 52.2 Å². The molecule has 1 unspecified atom stereocenters. The zero-order chi connectivity index (χ0) is 26.0. The van der Waals surface area contributed by atoms with E-state index in [1.807, 2.05) is 37.3 Å². The van der Waals surface area contributed by atoms with E-state index in [1.54, 1.807) is 44.5 Å². The second-order valence-electron chi connectivity index (χ2n) is 8.22. The number of benzodiazepines with no additional fused rings is 1. The van der Waals surface area contributed by atoms with Crippen molar-refractivity contribution >= 4 is 29.0 Å². The molecule has 3 amide bonds. The second kappa shape index (κ2) is 9.99. The van der Waals surface area contributed by atoms with Gasteiger partial charge in [0.25, 0.3) is 5.91 Å². The fourth-order valence-corrected chi connectivity index (χ4v) is 4.28. The Morgan fingerprint density at radius 3 is 2.22 bits per heavy atom. The van der Waals surface area contributed by atoms with Crippen LogP contribution in [0.1, 0.15) is 16.7 Å². The lowest BCUT2D eigenvalue weighted by Crippen LogP contribution is -2.51. The van der Waals surface area contributed by atoms with Crippen molar-refractivity contribution in [2.24, 2.45) is 10.7 Å². The molecule has 1 aliphatic rings. The molecule has 0 saturated heterocycles. The van der Waals surface area contributed by atoms with Crippen LogP contribution in [0.15, 0.2) is 65.7 Å². The summed E-state index contributed by atoms with van der Waals surface area (Å²) in [6, 6.07) is 17.1. The molecular weight excluding hydrogens is 460 g/mol. The smallest absolute Gasteiger partial charge is 0.321 e. The van der Waals surface area contributed by atoms with E-state index in [-0.39, 0.29) is 0 Å². The predicted octanol–water partition coefficient (Wildman–Crippen LogP) is 3.75. The lowest BCUT2D eigenvalue weighted by Gasteiger charge is -2.29. The number of aliphatic imine (C=N–C) groups is 1. The number of ether oxygens (including phenoxy) is 3. The van der Waals surface area contributed by atoms with Gasteiger partial charge in [-0.1, -0.05) is 30.3 Å². The zero-order valence-electron chi connectivity index (χ0n) is 20.8. The molecular formula is C27H28N4O5. The molecule has 2 N–H and O–H groups in total. The summed E-state index contributed by atoms with van der Waals surface area (Å²) in [6.07, 6.45) is -1.28. The molecule has 186 valence electrons. The normalized spacial score (nSPS) is 14.9. The molecule has 9 heteroatoms. The highest BCUT2D eigenvalue weighted by Crippen LogP contribution is 2.39. The number of carbonyl (C=O) groups is 2.